The highest BCUT2D eigenvalue weighted by atomic mass is 32.2. The number of unbranched alkanes of at least 4 members (excludes halogenated alkanes) is 2. The summed E-state index contributed by atoms with van der Waals surface area (Å²) in [5.74, 6) is 4.69. The molecular weight excluding hydrogens is 420 g/mol. The van der Waals surface area contributed by atoms with Crippen molar-refractivity contribution in [3.63, 3.8) is 0 Å². The maximum atomic E-state index is 5.94. The minimum absolute atomic E-state index is 0.0546. The number of rotatable bonds is 14. The molecule has 31 heavy (non-hydrogen) atoms. The topological polar surface area (TPSA) is 18.5 Å². The van der Waals surface area contributed by atoms with Gasteiger partial charge in [0.25, 0.3) is 0 Å². The highest BCUT2D eigenvalue weighted by Crippen LogP contribution is 2.35. The van der Waals surface area contributed by atoms with Crippen LogP contribution in [0.2, 0.25) is 0 Å². The molecule has 0 bridgehead atoms. The first-order chi connectivity index (χ1) is 15.1. The lowest BCUT2D eigenvalue weighted by atomic mass is 9.78. The van der Waals surface area contributed by atoms with Gasteiger partial charge >= 0.3 is 0 Å². The van der Waals surface area contributed by atoms with E-state index in [0.717, 1.165) is 48.1 Å². The average Bonchev–Trinajstić information content (AvgIpc) is 3.70. The van der Waals surface area contributed by atoms with Crippen LogP contribution in [-0.2, 0) is 5.41 Å². The number of benzene rings is 2. The Balaban J connectivity index is 1.22. The second-order valence-corrected chi connectivity index (χ2v) is 11.9. The summed E-state index contributed by atoms with van der Waals surface area (Å²) in [6.07, 6.45) is 7.57. The summed E-state index contributed by atoms with van der Waals surface area (Å²) >= 11 is 4.17. The fraction of sp³-hybridized carbons (Fsp3) is 0.556. The van der Waals surface area contributed by atoms with Gasteiger partial charge in [-0.1, -0.05) is 38.1 Å². The van der Waals surface area contributed by atoms with E-state index in [0.29, 0.717) is 0 Å². The Hall–Kier alpha value is -1.26. The van der Waals surface area contributed by atoms with Gasteiger partial charge in [0.1, 0.15) is 11.5 Å². The van der Waals surface area contributed by atoms with Crippen molar-refractivity contribution in [2.75, 3.05) is 24.7 Å². The van der Waals surface area contributed by atoms with E-state index >= 15 is 0 Å². The third-order valence-corrected chi connectivity index (χ3v) is 8.42. The second-order valence-electron chi connectivity index (χ2n) is 9.27. The average molecular weight is 457 g/mol. The van der Waals surface area contributed by atoms with E-state index in [4.69, 9.17) is 9.47 Å². The van der Waals surface area contributed by atoms with Crippen LogP contribution in [0, 0.1) is 0 Å². The zero-order valence-corrected chi connectivity index (χ0v) is 20.6. The fourth-order valence-electron chi connectivity index (χ4n) is 3.90. The summed E-state index contributed by atoms with van der Waals surface area (Å²) in [4.78, 5) is 0. The molecule has 0 radical (unpaired) electrons. The first-order valence-electron chi connectivity index (χ1n) is 11.8. The molecular formula is C27H36O2S2. The number of hydrogen-bond donors (Lipinski definition) is 0. The van der Waals surface area contributed by atoms with Gasteiger partial charge in [-0.25, -0.2) is 0 Å². The third kappa shape index (κ3) is 7.39. The molecule has 2 atom stereocenters. The highest BCUT2D eigenvalue weighted by molar-refractivity contribution is 8.07. The van der Waals surface area contributed by atoms with E-state index in [9.17, 15) is 0 Å². The van der Waals surface area contributed by atoms with E-state index in [-0.39, 0.29) is 5.41 Å². The van der Waals surface area contributed by atoms with Crippen LogP contribution in [0.1, 0.15) is 63.5 Å². The van der Waals surface area contributed by atoms with E-state index in [2.05, 4.69) is 85.9 Å². The Morgan fingerprint density at radius 2 is 1.06 bits per heavy atom. The van der Waals surface area contributed by atoms with E-state index in [1.54, 1.807) is 0 Å². The Labute approximate surface area is 196 Å². The van der Waals surface area contributed by atoms with Crippen molar-refractivity contribution >= 4 is 23.5 Å². The minimum atomic E-state index is -0.0546. The first-order valence-corrected chi connectivity index (χ1v) is 13.9. The molecule has 2 aromatic carbocycles. The van der Waals surface area contributed by atoms with Gasteiger partial charge in [-0.3, -0.25) is 0 Å². The van der Waals surface area contributed by atoms with Crippen molar-refractivity contribution in [1.29, 1.82) is 0 Å². The molecule has 0 aromatic heterocycles. The summed E-state index contributed by atoms with van der Waals surface area (Å²) in [6.45, 7) is 6.21. The molecule has 2 aliphatic heterocycles. The molecule has 0 spiro atoms. The normalized spacial score (nSPS) is 19.8. The van der Waals surface area contributed by atoms with Crippen LogP contribution >= 0.6 is 23.5 Å². The van der Waals surface area contributed by atoms with Gasteiger partial charge in [0.15, 0.2) is 0 Å². The Morgan fingerprint density at radius 1 is 0.677 bits per heavy atom. The van der Waals surface area contributed by atoms with Crippen LogP contribution < -0.4 is 9.47 Å². The fourth-order valence-corrected chi connectivity index (χ4v) is 5.17. The third-order valence-electron chi connectivity index (χ3n) is 6.34. The Kier molecular flexibility index (Phi) is 8.17. The SMILES string of the molecule is CC(C)(c1ccc(OCCCCC2CS2)cc1)c1ccc(OCCCCC2CS2)cc1. The summed E-state index contributed by atoms with van der Waals surface area (Å²) < 4.78 is 11.9. The van der Waals surface area contributed by atoms with Crippen molar-refractivity contribution in [2.45, 2.75) is 68.3 Å². The Morgan fingerprint density at radius 3 is 1.42 bits per heavy atom. The lowest BCUT2D eigenvalue weighted by molar-refractivity contribution is 0.305. The van der Waals surface area contributed by atoms with Gasteiger partial charge in [-0.2, -0.15) is 23.5 Å². The Bertz CT molecular complexity index is 725. The molecule has 168 valence electrons. The van der Waals surface area contributed by atoms with Gasteiger partial charge < -0.3 is 9.47 Å². The van der Waals surface area contributed by atoms with E-state index in [1.807, 2.05) is 0 Å². The van der Waals surface area contributed by atoms with E-state index < -0.39 is 0 Å². The quantitative estimate of drug-likeness (QED) is 0.218. The number of ether oxygens (including phenoxy) is 2. The van der Waals surface area contributed by atoms with Crippen LogP contribution in [0.5, 0.6) is 11.5 Å². The predicted molar refractivity (Wildman–Crippen MR) is 136 cm³/mol. The highest BCUT2D eigenvalue weighted by Gasteiger charge is 2.24. The van der Waals surface area contributed by atoms with Crippen molar-refractivity contribution < 1.29 is 9.47 Å². The summed E-state index contributed by atoms with van der Waals surface area (Å²) in [6, 6.07) is 17.3. The standard InChI is InChI=1S/C27H36O2S2/c1-27(2,21-9-13-23(14-10-21)28-17-5-3-7-25-19-30-25)22-11-15-24(16-12-22)29-18-6-4-8-26-20-31-26/h9-16,25-26H,3-8,17-20H2,1-2H3. The lowest BCUT2D eigenvalue weighted by Gasteiger charge is -2.26. The molecule has 2 saturated heterocycles. The molecule has 0 amide bonds. The largest absolute Gasteiger partial charge is 0.494 e. The summed E-state index contributed by atoms with van der Waals surface area (Å²) in [5.41, 5.74) is 2.55. The minimum Gasteiger partial charge on any atom is -0.494 e. The molecule has 4 rings (SSSR count). The van der Waals surface area contributed by atoms with Gasteiger partial charge in [0, 0.05) is 27.4 Å². The maximum absolute atomic E-state index is 5.94. The van der Waals surface area contributed by atoms with Crippen molar-refractivity contribution in [3.8, 4) is 11.5 Å². The zero-order chi connectivity index (χ0) is 21.5. The monoisotopic (exact) mass is 456 g/mol. The molecule has 2 aromatic rings. The van der Waals surface area contributed by atoms with Crippen molar-refractivity contribution in [3.05, 3.63) is 59.7 Å². The maximum Gasteiger partial charge on any atom is 0.119 e. The van der Waals surface area contributed by atoms with Crippen LogP contribution in [0.3, 0.4) is 0 Å². The molecule has 2 fully saturated rings. The first kappa shape index (κ1) is 22.9. The summed E-state index contributed by atoms with van der Waals surface area (Å²) in [7, 11) is 0. The molecule has 0 aliphatic carbocycles. The number of thioether (sulfide) groups is 2. The smallest absolute Gasteiger partial charge is 0.119 e. The lowest BCUT2D eigenvalue weighted by Crippen LogP contribution is -2.18. The predicted octanol–water partition coefficient (Wildman–Crippen LogP) is 7.34. The van der Waals surface area contributed by atoms with Gasteiger partial charge in [0.05, 0.1) is 13.2 Å². The van der Waals surface area contributed by atoms with Gasteiger partial charge in [0.2, 0.25) is 0 Å². The van der Waals surface area contributed by atoms with Gasteiger partial charge in [-0.05, 0) is 73.9 Å². The molecule has 2 unspecified atom stereocenters. The molecule has 0 N–H and O–H groups in total. The van der Waals surface area contributed by atoms with Crippen LogP contribution in [-0.4, -0.2) is 35.2 Å². The summed E-state index contributed by atoms with van der Waals surface area (Å²) in [5, 5.41) is 1.89. The van der Waals surface area contributed by atoms with Gasteiger partial charge in [-0.15, -0.1) is 0 Å². The number of hydrogen-bond acceptors (Lipinski definition) is 4. The second kappa shape index (κ2) is 11.0. The van der Waals surface area contributed by atoms with Crippen LogP contribution in [0.15, 0.2) is 48.5 Å². The van der Waals surface area contributed by atoms with Crippen molar-refractivity contribution in [1.82, 2.24) is 0 Å². The molecule has 2 nitrogen and oxygen atoms in total. The molecule has 2 heterocycles. The molecule has 2 aliphatic rings. The van der Waals surface area contributed by atoms with Crippen LogP contribution in [0.4, 0.5) is 0 Å². The van der Waals surface area contributed by atoms with Crippen molar-refractivity contribution in [2.24, 2.45) is 0 Å². The van der Waals surface area contributed by atoms with E-state index in [1.165, 1.54) is 48.3 Å². The molecule has 0 saturated carbocycles. The molecule has 4 heteroatoms. The van der Waals surface area contributed by atoms with Crippen LogP contribution in [0.25, 0.3) is 0 Å². The zero-order valence-electron chi connectivity index (χ0n) is 19.0.